The van der Waals surface area contributed by atoms with Crippen LogP contribution in [0.1, 0.15) is 12.2 Å². The molecular weight excluding hydrogens is 294 g/mol. The Morgan fingerprint density at radius 1 is 1.39 bits per heavy atom. The smallest absolute Gasteiger partial charge is 0.223 e. The molecule has 0 saturated carbocycles. The van der Waals surface area contributed by atoms with E-state index < -0.39 is 0 Å². The van der Waals surface area contributed by atoms with Gasteiger partial charge in [-0.05, 0) is 18.1 Å². The fourth-order valence-electron chi connectivity index (χ4n) is 2.41. The fraction of sp³-hybridized carbons (Fsp3) is 0.357. The summed E-state index contributed by atoms with van der Waals surface area (Å²) in [7, 11) is 0. The van der Waals surface area contributed by atoms with Gasteiger partial charge < -0.3 is 9.32 Å². The lowest BCUT2D eigenvalue weighted by Crippen LogP contribution is -2.24. The van der Waals surface area contributed by atoms with Crippen molar-refractivity contribution in [3.05, 3.63) is 36.1 Å². The van der Waals surface area contributed by atoms with Crippen molar-refractivity contribution in [2.45, 2.75) is 13.0 Å². The normalized spacial score (nSPS) is 19.9. The highest BCUT2D eigenvalue weighted by Crippen LogP contribution is 2.24. The minimum atomic E-state index is 0.222. The van der Waals surface area contributed by atoms with Crippen molar-refractivity contribution in [3.63, 3.8) is 0 Å². The van der Waals surface area contributed by atoms with Crippen LogP contribution in [0.3, 0.4) is 0 Å². The van der Waals surface area contributed by atoms with Crippen molar-refractivity contribution in [1.29, 1.82) is 0 Å². The Bertz CT molecular complexity index is 545. The first-order chi connectivity index (χ1) is 8.76. The quantitative estimate of drug-likeness (QED) is 0.816. The first-order valence-corrected chi connectivity index (χ1v) is 7.19. The molecule has 1 aliphatic rings. The highest BCUT2D eigenvalue weighted by atomic mass is 79.9. The van der Waals surface area contributed by atoms with Crippen LogP contribution < -0.4 is 0 Å². The Kier molecular flexibility index (Phi) is 3.12. The van der Waals surface area contributed by atoms with E-state index in [0.29, 0.717) is 18.9 Å². The number of alkyl halides is 1. The number of rotatable bonds is 3. The molecule has 0 radical (unpaired) electrons. The molecule has 1 unspecified atom stereocenters. The standard InChI is InChI=1S/C14H14BrNO2/c15-7-10-5-14(17)16(8-10)9-12-6-11-3-1-2-4-13(11)18-12/h1-4,6,10H,5,7-9H2. The molecule has 2 aromatic rings. The van der Waals surface area contributed by atoms with Crippen LogP contribution >= 0.6 is 15.9 Å². The summed E-state index contributed by atoms with van der Waals surface area (Å²) in [5.41, 5.74) is 0.885. The zero-order valence-electron chi connectivity index (χ0n) is 9.93. The molecule has 3 nitrogen and oxygen atoms in total. The molecule has 4 heteroatoms. The minimum Gasteiger partial charge on any atom is -0.459 e. The third-order valence-electron chi connectivity index (χ3n) is 3.34. The third-order valence-corrected chi connectivity index (χ3v) is 4.25. The van der Waals surface area contributed by atoms with Gasteiger partial charge in [0.05, 0.1) is 6.54 Å². The maximum Gasteiger partial charge on any atom is 0.223 e. The molecule has 1 aromatic carbocycles. The molecule has 1 atom stereocenters. The molecule has 0 N–H and O–H groups in total. The van der Waals surface area contributed by atoms with Crippen molar-refractivity contribution < 1.29 is 9.21 Å². The van der Waals surface area contributed by atoms with Crippen molar-refractivity contribution >= 4 is 32.8 Å². The van der Waals surface area contributed by atoms with Gasteiger partial charge in [-0.1, -0.05) is 34.1 Å². The van der Waals surface area contributed by atoms with Crippen molar-refractivity contribution in [3.8, 4) is 0 Å². The van der Waals surface area contributed by atoms with E-state index in [4.69, 9.17) is 4.42 Å². The number of likely N-dealkylation sites (tertiary alicyclic amines) is 1. The number of carbonyl (C=O) groups excluding carboxylic acids is 1. The van der Waals surface area contributed by atoms with Crippen molar-refractivity contribution in [2.24, 2.45) is 5.92 Å². The number of amides is 1. The van der Waals surface area contributed by atoms with Gasteiger partial charge >= 0.3 is 0 Å². The summed E-state index contributed by atoms with van der Waals surface area (Å²) >= 11 is 3.44. The summed E-state index contributed by atoms with van der Waals surface area (Å²) < 4.78 is 5.74. The lowest BCUT2D eigenvalue weighted by Gasteiger charge is -2.14. The number of hydrogen-bond acceptors (Lipinski definition) is 2. The molecule has 1 saturated heterocycles. The van der Waals surface area contributed by atoms with E-state index >= 15 is 0 Å². The molecule has 0 aliphatic carbocycles. The number of benzene rings is 1. The summed E-state index contributed by atoms with van der Waals surface area (Å²) in [6, 6.07) is 9.94. The molecule has 1 aliphatic heterocycles. The first-order valence-electron chi connectivity index (χ1n) is 6.07. The topological polar surface area (TPSA) is 33.5 Å². The Labute approximate surface area is 114 Å². The van der Waals surface area contributed by atoms with Crippen LogP contribution in [0.25, 0.3) is 11.0 Å². The molecule has 0 bridgehead atoms. The molecule has 1 aromatic heterocycles. The van der Waals surface area contributed by atoms with Crippen molar-refractivity contribution in [1.82, 2.24) is 4.90 Å². The average molecular weight is 308 g/mol. The molecule has 2 heterocycles. The Morgan fingerprint density at radius 3 is 2.94 bits per heavy atom. The van der Waals surface area contributed by atoms with Gasteiger partial charge in [0.15, 0.2) is 0 Å². The maximum absolute atomic E-state index is 11.8. The second kappa shape index (κ2) is 4.76. The van der Waals surface area contributed by atoms with Gasteiger partial charge in [0.25, 0.3) is 0 Å². The molecule has 94 valence electrons. The SMILES string of the molecule is O=C1CC(CBr)CN1Cc1cc2ccccc2o1. The summed E-state index contributed by atoms with van der Waals surface area (Å²) in [4.78, 5) is 13.7. The molecule has 3 rings (SSSR count). The molecule has 1 amide bonds. The van der Waals surface area contributed by atoms with Gasteiger partial charge in [-0.15, -0.1) is 0 Å². The number of furan rings is 1. The highest BCUT2D eigenvalue weighted by Gasteiger charge is 2.29. The van der Waals surface area contributed by atoms with E-state index in [1.807, 2.05) is 35.2 Å². The van der Waals surface area contributed by atoms with E-state index in [-0.39, 0.29) is 5.91 Å². The summed E-state index contributed by atoms with van der Waals surface area (Å²) in [6.45, 7) is 1.40. The third kappa shape index (κ3) is 2.17. The number of para-hydroxylation sites is 1. The first kappa shape index (κ1) is 11.8. The summed E-state index contributed by atoms with van der Waals surface area (Å²) in [6.07, 6.45) is 0.644. The van der Waals surface area contributed by atoms with Crippen molar-refractivity contribution in [2.75, 3.05) is 11.9 Å². The van der Waals surface area contributed by atoms with Crippen LogP contribution in [0, 0.1) is 5.92 Å². The number of halogens is 1. The fourth-order valence-corrected chi connectivity index (χ4v) is 2.85. The Morgan fingerprint density at radius 2 is 2.22 bits per heavy atom. The lowest BCUT2D eigenvalue weighted by molar-refractivity contribution is -0.128. The molecule has 1 fully saturated rings. The van der Waals surface area contributed by atoms with Gasteiger partial charge in [-0.2, -0.15) is 0 Å². The number of nitrogens with zero attached hydrogens (tertiary/aromatic N) is 1. The second-order valence-corrected chi connectivity index (χ2v) is 5.40. The molecule has 0 spiro atoms. The predicted octanol–water partition coefficient (Wildman–Crippen LogP) is 3.18. The predicted molar refractivity (Wildman–Crippen MR) is 73.5 cm³/mol. The van der Waals surface area contributed by atoms with Gasteiger partial charge in [-0.25, -0.2) is 0 Å². The van der Waals surface area contributed by atoms with Gasteiger partial charge in [0, 0.05) is 23.7 Å². The Balaban J connectivity index is 1.78. The van der Waals surface area contributed by atoms with Crippen LogP contribution in [-0.2, 0) is 11.3 Å². The number of carbonyl (C=O) groups is 1. The summed E-state index contributed by atoms with van der Waals surface area (Å²) in [5.74, 6) is 1.52. The largest absolute Gasteiger partial charge is 0.459 e. The average Bonchev–Trinajstić information content (AvgIpc) is 2.93. The lowest BCUT2D eigenvalue weighted by atomic mass is 10.2. The Hall–Kier alpha value is -1.29. The van der Waals surface area contributed by atoms with Gasteiger partial charge in [-0.3, -0.25) is 4.79 Å². The van der Waals surface area contributed by atoms with E-state index in [0.717, 1.165) is 28.6 Å². The monoisotopic (exact) mass is 307 g/mol. The molecular formula is C14H14BrNO2. The van der Waals surface area contributed by atoms with E-state index in [2.05, 4.69) is 15.9 Å². The second-order valence-electron chi connectivity index (χ2n) is 4.75. The number of fused-ring (bicyclic) bond motifs is 1. The number of hydrogen-bond donors (Lipinski definition) is 0. The van der Waals surface area contributed by atoms with Crippen LogP contribution in [0.4, 0.5) is 0 Å². The molecule has 18 heavy (non-hydrogen) atoms. The zero-order chi connectivity index (χ0) is 12.5. The maximum atomic E-state index is 11.8. The summed E-state index contributed by atoms with van der Waals surface area (Å²) in [5, 5.41) is 1.98. The van der Waals surface area contributed by atoms with E-state index in [1.54, 1.807) is 0 Å². The van der Waals surface area contributed by atoms with E-state index in [9.17, 15) is 4.79 Å². The highest BCUT2D eigenvalue weighted by molar-refractivity contribution is 9.09. The zero-order valence-corrected chi connectivity index (χ0v) is 11.5. The van der Waals surface area contributed by atoms with Gasteiger partial charge in [0.1, 0.15) is 11.3 Å². The van der Waals surface area contributed by atoms with Gasteiger partial charge in [0.2, 0.25) is 5.91 Å². The van der Waals surface area contributed by atoms with Crippen LogP contribution in [0.5, 0.6) is 0 Å². The van der Waals surface area contributed by atoms with Crippen LogP contribution in [0.2, 0.25) is 0 Å². The van der Waals surface area contributed by atoms with Crippen LogP contribution in [0.15, 0.2) is 34.7 Å². The van der Waals surface area contributed by atoms with Crippen LogP contribution in [-0.4, -0.2) is 22.7 Å². The van der Waals surface area contributed by atoms with E-state index in [1.165, 1.54) is 0 Å². The minimum absolute atomic E-state index is 0.222.